The molecule has 0 spiro atoms. The molecule has 4 nitrogen and oxygen atoms in total. The fourth-order valence-corrected chi connectivity index (χ4v) is 2.79. The van der Waals surface area contributed by atoms with Crippen LogP contribution in [0.25, 0.3) is 11.0 Å². The Morgan fingerprint density at radius 3 is 3.08 bits per heavy atom. The van der Waals surface area contributed by atoms with Gasteiger partial charge in [-0.3, -0.25) is 0 Å². The first-order valence-corrected chi connectivity index (χ1v) is 4.73. The topological polar surface area (TPSA) is 47.8 Å². The normalized spacial score (nSPS) is 19.6. The van der Waals surface area contributed by atoms with Crippen molar-refractivity contribution >= 4 is 33.6 Å². The molecule has 0 saturated heterocycles. The van der Waals surface area contributed by atoms with Crippen molar-refractivity contribution in [1.29, 1.82) is 0 Å². The van der Waals surface area contributed by atoms with Gasteiger partial charge < -0.3 is 0 Å². The summed E-state index contributed by atoms with van der Waals surface area (Å²) in [5.74, 6) is 0. The summed E-state index contributed by atoms with van der Waals surface area (Å²) in [7, 11) is -1.26. The zero-order chi connectivity index (χ0) is 8.29. The summed E-state index contributed by atoms with van der Waals surface area (Å²) in [5, 5.41) is 8.03. The van der Waals surface area contributed by atoms with Crippen molar-refractivity contribution in [3.63, 3.8) is 0 Å². The molecule has 0 saturated carbocycles. The van der Waals surface area contributed by atoms with E-state index in [0.29, 0.717) is 15.4 Å². The quantitative estimate of drug-likeness (QED) is 0.542. The van der Waals surface area contributed by atoms with Crippen molar-refractivity contribution in [2.24, 2.45) is 0 Å². The highest BCUT2D eigenvalue weighted by molar-refractivity contribution is 7.84. The van der Waals surface area contributed by atoms with Crippen LogP contribution >= 0.6 is 11.6 Å². The maximum absolute atomic E-state index is 11.5. The Kier molecular flexibility index (Phi) is 1.02. The first-order chi connectivity index (χ1) is 5.79. The second-order valence-corrected chi connectivity index (χ2v) is 4.12. The van der Waals surface area contributed by atoms with Crippen LogP contribution in [0.2, 0.25) is 5.02 Å². The summed E-state index contributed by atoms with van der Waals surface area (Å²) in [6, 6.07) is 3.48. The Balaban J connectivity index is 2.69. The number of aromatic nitrogens is 3. The molecular weight excluding hydrogens is 198 g/mol. The number of nitrogens with zero attached hydrogens (tertiary/aromatic N) is 3. The average Bonchev–Trinajstić information content (AvgIpc) is 2.53. The first-order valence-electron chi connectivity index (χ1n) is 3.25. The lowest BCUT2D eigenvalue weighted by molar-refractivity contribution is 0.669. The van der Waals surface area contributed by atoms with Gasteiger partial charge in [0, 0.05) is 0 Å². The number of benzene rings is 1. The molecule has 1 atom stereocenters. The molecule has 60 valence electrons. The molecular formula is C6H2ClN3OS. The SMILES string of the molecule is O=S1c2c(Cl)ccc3c2nnn31. The van der Waals surface area contributed by atoms with E-state index in [9.17, 15) is 4.21 Å². The smallest absolute Gasteiger partial charge is 0.179 e. The zero-order valence-electron chi connectivity index (χ0n) is 5.69. The summed E-state index contributed by atoms with van der Waals surface area (Å²) in [4.78, 5) is 0.587. The molecule has 6 heteroatoms. The van der Waals surface area contributed by atoms with Crippen LogP contribution in [0.1, 0.15) is 0 Å². The van der Waals surface area contributed by atoms with E-state index in [1.807, 2.05) is 0 Å². The summed E-state index contributed by atoms with van der Waals surface area (Å²) in [6.07, 6.45) is 0. The van der Waals surface area contributed by atoms with Crippen LogP contribution < -0.4 is 0 Å². The highest BCUT2D eigenvalue weighted by Gasteiger charge is 2.27. The third kappa shape index (κ3) is 0.539. The molecule has 2 heterocycles. The number of hydrogen-bond acceptors (Lipinski definition) is 3. The van der Waals surface area contributed by atoms with Crippen molar-refractivity contribution < 1.29 is 4.21 Å². The van der Waals surface area contributed by atoms with E-state index in [-0.39, 0.29) is 0 Å². The maximum Gasteiger partial charge on any atom is 0.179 e. The molecule has 0 radical (unpaired) electrons. The van der Waals surface area contributed by atoms with Gasteiger partial charge in [0.1, 0.15) is 15.9 Å². The van der Waals surface area contributed by atoms with Crippen LogP contribution in [0.3, 0.4) is 0 Å². The van der Waals surface area contributed by atoms with Crippen LogP contribution in [0.15, 0.2) is 17.0 Å². The van der Waals surface area contributed by atoms with Crippen LogP contribution in [-0.2, 0) is 11.0 Å². The van der Waals surface area contributed by atoms with Gasteiger partial charge in [-0.15, -0.1) is 5.10 Å². The fourth-order valence-electron chi connectivity index (χ4n) is 1.30. The molecule has 1 aromatic heterocycles. The third-order valence-corrected chi connectivity index (χ3v) is 3.60. The molecule has 1 unspecified atom stereocenters. The second kappa shape index (κ2) is 1.86. The molecule has 1 aliphatic rings. The predicted octanol–water partition coefficient (Wildman–Crippen LogP) is 0.969. The Bertz CT molecular complexity index is 521. The highest BCUT2D eigenvalue weighted by atomic mass is 35.5. The first kappa shape index (κ1) is 6.56. The molecule has 0 fully saturated rings. The van der Waals surface area contributed by atoms with E-state index in [4.69, 9.17) is 11.6 Å². The molecule has 0 aliphatic carbocycles. The molecule has 2 aromatic rings. The lowest BCUT2D eigenvalue weighted by atomic mass is 10.3. The van der Waals surface area contributed by atoms with Gasteiger partial charge >= 0.3 is 0 Å². The zero-order valence-corrected chi connectivity index (χ0v) is 7.26. The Morgan fingerprint density at radius 1 is 1.50 bits per heavy atom. The summed E-state index contributed by atoms with van der Waals surface area (Å²) in [6.45, 7) is 0. The number of halogens is 1. The Morgan fingerprint density at radius 2 is 2.33 bits per heavy atom. The van der Waals surface area contributed by atoms with E-state index in [2.05, 4.69) is 10.3 Å². The molecule has 12 heavy (non-hydrogen) atoms. The van der Waals surface area contributed by atoms with Crippen LogP contribution in [0.5, 0.6) is 0 Å². The summed E-state index contributed by atoms with van der Waals surface area (Å²) < 4.78 is 12.9. The minimum atomic E-state index is -1.26. The standard InChI is InChI=1S/C6H2ClN3OS/c7-3-1-2-4-5-6(3)12(11)10(4)9-8-5/h1-2H. The van der Waals surface area contributed by atoms with Gasteiger partial charge in [0.15, 0.2) is 11.0 Å². The fraction of sp³-hybridized carbons (Fsp3) is 0. The van der Waals surface area contributed by atoms with Gasteiger partial charge in [-0.2, -0.15) is 4.09 Å². The van der Waals surface area contributed by atoms with E-state index in [1.165, 1.54) is 4.09 Å². The molecule has 0 amide bonds. The van der Waals surface area contributed by atoms with E-state index in [1.54, 1.807) is 12.1 Å². The summed E-state index contributed by atoms with van der Waals surface area (Å²) >= 11 is 5.84. The van der Waals surface area contributed by atoms with Gasteiger partial charge in [-0.1, -0.05) is 16.8 Å². The van der Waals surface area contributed by atoms with Crippen molar-refractivity contribution in [3.05, 3.63) is 17.2 Å². The lowest BCUT2D eigenvalue weighted by Gasteiger charge is -1.96. The Labute approximate surface area is 74.7 Å². The summed E-state index contributed by atoms with van der Waals surface area (Å²) in [5.41, 5.74) is 1.44. The average molecular weight is 200 g/mol. The van der Waals surface area contributed by atoms with Crippen molar-refractivity contribution in [2.45, 2.75) is 4.90 Å². The van der Waals surface area contributed by atoms with Crippen LogP contribution in [0, 0.1) is 0 Å². The third-order valence-electron chi connectivity index (χ3n) is 1.83. The lowest BCUT2D eigenvalue weighted by Crippen LogP contribution is -2.05. The van der Waals surface area contributed by atoms with Crippen molar-refractivity contribution in [1.82, 2.24) is 14.4 Å². The van der Waals surface area contributed by atoms with Crippen LogP contribution in [-0.4, -0.2) is 18.6 Å². The van der Waals surface area contributed by atoms with Crippen molar-refractivity contribution in [2.75, 3.05) is 0 Å². The molecule has 1 aliphatic heterocycles. The number of rotatable bonds is 0. The molecule has 1 aromatic carbocycles. The largest absolute Gasteiger partial charge is 0.229 e. The van der Waals surface area contributed by atoms with Gasteiger partial charge in [0.2, 0.25) is 0 Å². The minimum Gasteiger partial charge on any atom is -0.229 e. The van der Waals surface area contributed by atoms with Crippen molar-refractivity contribution in [3.8, 4) is 0 Å². The molecule has 4 bridgehead atoms. The van der Waals surface area contributed by atoms with Gasteiger partial charge in [0.05, 0.1) is 5.02 Å². The van der Waals surface area contributed by atoms with Crippen LogP contribution in [0.4, 0.5) is 0 Å². The molecule has 0 N–H and O–H groups in total. The highest BCUT2D eigenvalue weighted by Crippen LogP contribution is 2.33. The maximum atomic E-state index is 11.5. The van der Waals surface area contributed by atoms with Gasteiger partial charge in [-0.25, -0.2) is 4.21 Å². The second-order valence-electron chi connectivity index (χ2n) is 2.46. The van der Waals surface area contributed by atoms with E-state index < -0.39 is 11.0 Å². The Hall–Kier alpha value is -0.940. The molecule has 3 rings (SSSR count). The monoisotopic (exact) mass is 199 g/mol. The van der Waals surface area contributed by atoms with Gasteiger partial charge in [0.25, 0.3) is 0 Å². The minimum absolute atomic E-state index is 0.494. The van der Waals surface area contributed by atoms with E-state index in [0.717, 1.165) is 5.52 Å². The van der Waals surface area contributed by atoms with E-state index >= 15 is 0 Å². The van der Waals surface area contributed by atoms with Gasteiger partial charge in [-0.05, 0) is 12.1 Å². The number of hydrogen-bond donors (Lipinski definition) is 0. The predicted molar refractivity (Wildman–Crippen MR) is 44.3 cm³/mol.